The average molecular weight is 234 g/mol. The summed E-state index contributed by atoms with van der Waals surface area (Å²) in [4.78, 5) is 0. The lowest BCUT2D eigenvalue weighted by Gasteiger charge is -2.19. The standard InChI is InChI=1S/C14H18O3/c1-14(5-6-14)13(15)10-3-4-11-12(9-10)17-8-2-7-16-11/h3-4,9,13,15H,2,5-8H2,1H3. The average Bonchev–Trinajstić information content (AvgIpc) is 3.11. The number of benzene rings is 1. The second kappa shape index (κ2) is 3.91. The Labute approximate surface area is 101 Å². The van der Waals surface area contributed by atoms with Crippen molar-refractivity contribution < 1.29 is 14.6 Å². The number of aliphatic hydroxyl groups excluding tert-OH is 1. The maximum absolute atomic E-state index is 10.3. The Balaban J connectivity index is 1.89. The fourth-order valence-electron chi connectivity index (χ4n) is 2.22. The summed E-state index contributed by atoms with van der Waals surface area (Å²) in [6.45, 7) is 3.51. The second-order valence-corrected chi connectivity index (χ2v) is 5.31. The van der Waals surface area contributed by atoms with Crippen LogP contribution in [-0.2, 0) is 0 Å². The van der Waals surface area contributed by atoms with Gasteiger partial charge >= 0.3 is 0 Å². The summed E-state index contributed by atoms with van der Waals surface area (Å²) < 4.78 is 11.2. The van der Waals surface area contributed by atoms with Crippen LogP contribution in [0.25, 0.3) is 0 Å². The SMILES string of the molecule is CC1(C(O)c2ccc3c(c2)OCCCO3)CC1. The molecule has 3 nitrogen and oxygen atoms in total. The van der Waals surface area contributed by atoms with Crippen molar-refractivity contribution in [2.24, 2.45) is 5.41 Å². The molecule has 0 saturated heterocycles. The molecular weight excluding hydrogens is 216 g/mol. The summed E-state index contributed by atoms with van der Waals surface area (Å²) in [6.07, 6.45) is 2.72. The maximum atomic E-state index is 10.3. The number of ether oxygens (including phenoxy) is 2. The highest BCUT2D eigenvalue weighted by molar-refractivity contribution is 5.44. The Bertz CT molecular complexity index is 423. The van der Waals surface area contributed by atoms with Gasteiger partial charge in [0, 0.05) is 6.42 Å². The van der Waals surface area contributed by atoms with Crippen molar-refractivity contribution in [3.05, 3.63) is 23.8 Å². The summed E-state index contributed by atoms with van der Waals surface area (Å²) in [7, 11) is 0. The van der Waals surface area contributed by atoms with E-state index in [9.17, 15) is 5.11 Å². The third-order valence-electron chi connectivity index (χ3n) is 3.79. The van der Waals surface area contributed by atoms with Crippen LogP contribution in [0, 0.1) is 5.41 Å². The van der Waals surface area contributed by atoms with Crippen LogP contribution in [0.2, 0.25) is 0 Å². The van der Waals surface area contributed by atoms with Crippen LogP contribution in [0.4, 0.5) is 0 Å². The minimum atomic E-state index is -0.389. The van der Waals surface area contributed by atoms with E-state index >= 15 is 0 Å². The van der Waals surface area contributed by atoms with Crippen molar-refractivity contribution >= 4 is 0 Å². The van der Waals surface area contributed by atoms with E-state index in [2.05, 4.69) is 6.92 Å². The Morgan fingerprint density at radius 3 is 2.59 bits per heavy atom. The van der Waals surface area contributed by atoms with E-state index in [1.807, 2.05) is 18.2 Å². The zero-order valence-corrected chi connectivity index (χ0v) is 10.1. The molecule has 1 saturated carbocycles. The van der Waals surface area contributed by atoms with Gasteiger partial charge in [-0.25, -0.2) is 0 Å². The molecule has 3 heteroatoms. The lowest BCUT2D eigenvalue weighted by molar-refractivity contribution is 0.103. The van der Waals surface area contributed by atoms with Crippen molar-refractivity contribution in [1.82, 2.24) is 0 Å². The van der Waals surface area contributed by atoms with Gasteiger partial charge in [0.15, 0.2) is 11.5 Å². The third kappa shape index (κ3) is 2.00. The number of aliphatic hydroxyl groups is 1. The van der Waals surface area contributed by atoms with Crippen molar-refractivity contribution in [3.63, 3.8) is 0 Å². The predicted molar refractivity (Wildman–Crippen MR) is 64.3 cm³/mol. The summed E-state index contributed by atoms with van der Waals surface area (Å²) in [5.74, 6) is 1.56. The van der Waals surface area contributed by atoms with E-state index in [1.165, 1.54) is 0 Å². The molecule has 92 valence electrons. The monoisotopic (exact) mass is 234 g/mol. The highest BCUT2D eigenvalue weighted by Gasteiger charge is 2.44. The Morgan fingerprint density at radius 2 is 1.88 bits per heavy atom. The van der Waals surface area contributed by atoms with Gasteiger partial charge < -0.3 is 14.6 Å². The summed E-state index contributed by atoms with van der Waals surface area (Å²) >= 11 is 0. The van der Waals surface area contributed by atoms with E-state index < -0.39 is 0 Å². The van der Waals surface area contributed by atoms with Gasteiger partial charge in [-0.1, -0.05) is 13.0 Å². The van der Waals surface area contributed by atoms with Crippen molar-refractivity contribution in [2.45, 2.75) is 32.3 Å². The van der Waals surface area contributed by atoms with Gasteiger partial charge in [-0.3, -0.25) is 0 Å². The summed E-state index contributed by atoms with van der Waals surface area (Å²) in [6, 6.07) is 5.78. The minimum Gasteiger partial charge on any atom is -0.490 e. The van der Waals surface area contributed by atoms with Gasteiger partial charge in [-0.2, -0.15) is 0 Å². The molecule has 0 radical (unpaired) electrons. The van der Waals surface area contributed by atoms with Gasteiger partial charge in [0.1, 0.15) is 0 Å². The van der Waals surface area contributed by atoms with Crippen LogP contribution in [0.3, 0.4) is 0 Å². The van der Waals surface area contributed by atoms with Gasteiger partial charge in [0.05, 0.1) is 19.3 Å². The van der Waals surface area contributed by atoms with Crippen LogP contribution in [-0.4, -0.2) is 18.3 Å². The lowest BCUT2D eigenvalue weighted by atomic mass is 9.94. The van der Waals surface area contributed by atoms with E-state index in [0.717, 1.165) is 36.3 Å². The molecule has 0 spiro atoms. The molecule has 2 aliphatic rings. The molecular formula is C14H18O3. The molecule has 1 heterocycles. The zero-order valence-electron chi connectivity index (χ0n) is 10.1. The highest BCUT2D eigenvalue weighted by Crippen LogP contribution is 2.54. The second-order valence-electron chi connectivity index (χ2n) is 5.31. The zero-order chi connectivity index (χ0) is 11.9. The fourth-order valence-corrected chi connectivity index (χ4v) is 2.22. The Kier molecular flexibility index (Phi) is 2.51. The van der Waals surface area contributed by atoms with Crippen LogP contribution < -0.4 is 9.47 Å². The molecule has 0 amide bonds. The Hall–Kier alpha value is -1.22. The maximum Gasteiger partial charge on any atom is 0.161 e. The number of rotatable bonds is 2. The van der Waals surface area contributed by atoms with Crippen LogP contribution >= 0.6 is 0 Å². The largest absolute Gasteiger partial charge is 0.490 e. The van der Waals surface area contributed by atoms with Crippen LogP contribution in [0.15, 0.2) is 18.2 Å². The number of hydrogen-bond donors (Lipinski definition) is 1. The normalized spacial score (nSPS) is 22.7. The van der Waals surface area contributed by atoms with Gasteiger partial charge in [-0.05, 0) is 36.0 Å². The topological polar surface area (TPSA) is 38.7 Å². The summed E-state index contributed by atoms with van der Waals surface area (Å²) in [5.41, 5.74) is 1.01. The lowest BCUT2D eigenvalue weighted by Crippen LogP contribution is -2.09. The first-order valence-corrected chi connectivity index (χ1v) is 6.27. The van der Waals surface area contributed by atoms with Crippen LogP contribution in [0.1, 0.15) is 37.9 Å². The molecule has 0 aromatic heterocycles. The van der Waals surface area contributed by atoms with E-state index in [0.29, 0.717) is 13.2 Å². The van der Waals surface area contributed by atoms with E-state index in [4.69, 9.17) is 9.47 Å². The first kappa shape index (κ1) is 10.9. The minimum absolute atomic E-state index is 0.0693. The highest BCUT2D eigenvalue weighted by atomic mass is 16.5. The fraction of sp³-hybridized carbons (Fsp3) is 0.571. The molecule has 1 fully saturated rings. The molecule has 1 atom stereocenters. The molecule has 1 aliphatic heterocycles. The quantitative estimate of drug-likeness (QED) is 0.855. The molecule has 1 aromatic carbocycles. The first-order chi connectivity index (χ1) is 8.19. The first-order valence-electron chi connectivity index (χ1n) is 6.27. The number of fused-ring (bicyclic) bond motifs is 1. The molecule has 1 unspecified atom stereocenters. The van der Waals surface area contributed by atoms with Gasteiger partial charge in [-0.15, -0.1) is 0 Å². The third-order valence-corrected chi connectivity index (χ3v) is 3.79. The smallest absolute Gasteiger partial charge is 0.161 e. The van der Waals surface area contributed by atoms with Gasteiger partial charge in [0.25, 0.3) is 0 Å². The molecule has 3 rings (SSSR count). The molecule has 1 aliphatic carbocycles. The summed E-state index contributed by atoms with van der Waals surface area (Å²) in [5, 5.41) is 10.3. The molecule has 1 aromatic rings. The van der Waals surface area contributed by atoms with Crippen LogP contribution in [0.5, 0.6) is 11.5 Å². The molecule has 17 heavy (non-hydrogen) atoms. The Morgan fingerprint density at radius 1 is 1.18 bits per heavy atom. The van der Waals surface area contributed by atoms with Crippen molar-refractivity contribution in [3.8, 4) is 11.5 Å². The molecule has 0 bridgehead atoms. The van der Waals surface area contributed by atoms with Crippen molar-refractivity contribution in [1.29, 1.82) is 0 Å². The van der Waals surface area contributed by atoms with Gasteiger partial charge in [0.2, 0.25) is 0 Å². The van der Waals surface area contributed by atoms with Crippen molar-refractivity contribution in [2.75, 3.05) is 13.2 Å². The van der Waals surface area contributed by atoms with E-state index in [-0.39, 0.29) is 11.5 Å². The molecule has 1 N–H and O–H groups in total. The number of hydrogen-bond acceptors (Lipinski definition) is 3. The van der Waals surface area contributed by atoms with E-state index in [1.54, 1.807) is 0 Å². The predicted octanol–water partition coefficient (Wildman–Crippen LogP) is 2.68.